The average molecular weight is 489 g/mol. The normalized spacial score (nSPS) is 12.4. The van der Waals surface area contributed by atoms with E-state index in [1.165, 1.54) is 15.5 Å². The van der Waals surface area contributed by atoms with Crippen molar-refractivity contribution in [3.8, 4) is 0 Å². The fourth-order valence-electron chi connectivity index (χ4n) is 3.66. The summed E-state index contributed by atoms with van der Waals surface area (Å²) in [5, 5.41) is 0.743. The molecule has 0 radical (unpaired) electrons. The molecular weight excluding hydrogens is 463 g/mol. The summed E-state index contributed by atoms with van der Waals surface area (Å²) >= 11 is 8.09. The van der Waals surface area contributed by atoms with Crippen molar-refractivity contribution in [2.75, 3.05) is 38.8 Å². The van der Waals surface area contributed by atoms with Gasteiger partial charge >= 0.3 is 5.97 Å². The highest BCUT2D eigenvalue weighted by atomic mass is 35.5. The van der Waals surface area contributed by atoms with Crippen molar-refractivity contribution in [3.05, 3.63) is 83.4 Å². The number of anilines is 2. The summed E-state index contributed by atoms with van der Waals surface area (Å²) < 4.78 is 6.16. The molecule has 0 saturated heterocycles. The molecule has 3 aromatic rings. The second-order valence-corrected chi connectivity index (χ2v) is 9.79. The number of para-hydroxylation sites is 1. The lowest BCUT2D eigenvalue weighted by Gasteiger charge is -2.34. The minimum atomic E-state index is -0.280. The number of hydrogen-bond acceptors (Lipinski definition) is 4. The third-order valence-corrected chi connectivity index (χ3v) is 6.65. The zero-order valence-electron chi connectivity index (χ0n) is 18.1. The summed E-state index contributed by atoms with van der Waals surface area (Å²) in [6.07, 6.45) is 0.945. The first kappa shape index (κ1) is 24.5. The van der Waals surface area contributed by atoms with E-state index in [-0.39, 0.29) is 18.4 Å². The first-order chi connectivity index (χ1) is 14.9. The van der Waals surface area contributed by atoms with Crippen molar-refractivity contribution in [1.29, 1.82) is 0 Å². The second kappa shape index (κ2) is 10.6. The Labute approximate surface area is 205 Å². The zero-order chi connectivity index (χ0) is 21.8. The van der Waals surface area contributed by atoms with E-state index in [4.69, 9.17) is 16.3 Å². The molecule has 0 atom stereocenters. The fraction of sp³-hybridized carbons (Fsp3) is 0.240. The molecule has 0 amide bonds. The van der Waals surface area contributed by atoms with Crippen molar-refractivity contribution in [2.24, 2.45) is 0 Å². The van der Waals surface area contributed by atoms with Gasteiger partial charge in [-0.3, -0.25) is 4.48 Å². The minimum absolute atomic E-state index is 0. The highest BCUT2D eigenvalue weighted by Gasteiger charge is 2.25. The molecule has 1 heterocycles. The van der Waals surface area contributed by atoms with Crippen LogP contribution in [0.5, 0.6) is 0 Å². The Kier molecular flexibility index (Phi) is 8.12. The van der Waals surface area contributed by atoms with Crippen LogP contribution in [0, 0.1) is 0 Å². The fourth-order valence-corrected chi connectivity index (χ4v) is 4.90. The maximum Gasteiger partial charge on any atom is 0.342 e. The minimum Gasteiger partial charge on any atom is -1.00 e. The lowest BCUT2D eigenvalue weighted by molar-refractivity contribution is -0.907. The predicted octanol–water partition coefficient (Wildman–Crippen LogP) is 3.23. The van der Waals surface area contributed by atoms with Crippen LogP contribution in [-0.4, -0.2) is 44.4 Å². The maximum absolute atomic E-state index is 12.3. The Morgan fingerprint density at radius 3 is 2.44 bits per heavy atom. The van der Waals surface area contributed by atoms with Crippen LogP contribution >= 0.6 is 23.4 Å². The molecular formula is C25H26Cl2N2O2S. The van der Waals surface area contributed by atoms with E-state index in [1.54, 1.807) is 23.9 Å². The summed E-state index contributed by atoms with van der Waals surface area (Å²) in [5.74, 6) is -0.280. The Hall–Kier alpha value is -2.18. The molecule has 0 spiro atoms. The van der Waals surface area contributed by atoms with Crippen LogP contribution in [0.25, 0.3) is 0 Å². The standard InChI is InChI=1S/C25H26ClN2O2S.ClH/c1-28(2,18-30-25(29)19-9-4-3-5-10-19)16-8-15-27-21-11-6-7-12-23(21)31-24-14-13-20(26)17-22(24)27;/h3-7,9-14,17H,8,15-16,18H2,1-2H3;1H/q+1;/p-1. The number of carbonyl (C=O) groups excluding carboxylic acids is 1. The number of ether oxygens (including phenoxy) is 1. The molecule has 32 heavy (non-hydrogen) atoms. The van der Waals surface area contributed by atoms with Crippen LogP contribution in [0.15, 0.2) is 82.6 Å². The van der Waals surface area contributed by atoms with Gasteiger partial charge < -0.3 is 22.0 Å². The van der Waals surface area contributed by atoms with Crippen LogP contribution in [0.4, 0.5) is 11.4 Å². The van der Waals surface area contributed by atoms with Crippen molar-refractivity contribution < 1.29 is 26.4 Å². The van der Waals surface area contributed by atoms with E-state index in [0.29, 0.717) is 16.8 Å². The Morgan fingerprint density at radius 2 is 1.66 bits per heavy atom. The number of esters is 1. The van der Waals surface area contributed by atoms with Crippen LogP contribution in [-0.2, 0) is 4.74 Å². The Balaban J connectivity index is 0.00000289. The average Bonchev–Trinajstić information content (AvgIpc) is 2.78. The van der Waals surface area contributed by atoms with Gasteiger partial charge in [-0.1, -0.05) is 53.7 Å². The van der Waals surface area contributed by atoms with E-state index >= 15 is 0 Å². The third kappa shape index (κ3) is 5.78. The lowest BCUT2D eigenvalue weighted by Crippen LogP contribution is -3.00. The highest BCUT2D eigenvalue weighted by Crippen LogP contribution is 2.48. The molecule has 1 aliphatic rings. The van der Waals surface area contributed by atoms with Gasteiger partial charge in [0.1, 0.15) is 0 Å². The second-order valence-electron chi connectivity index (χ2n) is 8.27. The molecule has 7 heteroatoms. The first-order valence-corrected chi connectivity index (χ1v) is 11.5. The molecule has 0 aliphatic carbocycles. The number of nitrogens with zero attached hydrogens (tertiary/aromatic N) is 2. The molecule has 3 aromatic carbocycles. The maximum atomic E-state index is 12.3. The third-order valence-electron chi connectivity index (χ3n) is 5.29. The van der Waals surface area contributed by atoms with E-state index < -0.39 is 0 Å². The number of hydrogen-bond donors (Lipinski definition) is 0. The van der Waals surface area contributed by atoms with Crippen LogP contribution in [0.3, 0.4) is 0 Å². The van der Waals surface area contributed by atoms with Gasteiger partial charge in [0.15, 0.2) is 0 Å². The molecule has 0 N–H and O–H groups in total. The van der Waals surface area contributed by atoms with Crippen molar-refractivity contribution in [3.63, 3.8) is 0 Å². The Bertz CT molecular complexity index is 1080. The summed E-state index contributed by atoms with van der Waals surface area (Å²) in [5.41, 5.74) is 2.94. The highest BCUT2D eigenvalue weighted by molar-refractivity contribution is 7.99. The zero-order valence-corrected chi connectivity index (χ0v) is 20.5. The summed E-state index contributed by atoms with van der Waals surface area (Å²) in [6.45, 7) is 2.07. The summed E-state index contributed by atoms with van der Waals surface area (Å²) in [4.78, 5) is 17.1. The monoisotopic (exact) mass is 488 g/mol. The number of quaternary nitrogens is 1. The first-order valence-electron chi connectivity index (χ1n) is 10.3. The lowest BCUT2D eigenvalue weighted by atomic mass is 10.2. The Morgan fingerprint density at radius 1 is 0.969 bits per heavy atom. The van der Waals surface area contributed by atoms with Crippen molar-refractivity contribution >= 4 is 40.7 Å². The molecule has 1 aliphatic heterocycles. The molecule has 0 bridgehead atoms. The van der Waals surface area contributed by atoms with E-state index in [2.05, 4.69) is 49.3 Å². The van der Waals surface area contributed by atoms with Gasteiger partial charge in [0.2, 0.25) is 6.73 Å². The van der Waals surface area contributed by atoms with Crippen molar-refractivity contribution in [2.45, 2.75) is 16.2 Å². The SMILES string of the molecule is C[N+](C)(CCCN1c2ccccc2Sc2ccc(Cl)cc21)COC(=O)c1ccccc1.[Cl-]. The summed E-state index contributed by atoms with van der Waals surface area (Å²) in [7, 11) is 4.17. The van der Waals surface area contributed by atoms with Crippen LogP contribution in [0.1, 0.15) is 16.8 Å². The van der Waals surface area contributed by atoms with Crippen LogP contribution < -0.4 is 17.3 Å². The topological polar surface area (TPSA) is 29.5 Å². The van der Waals surface area contributed by atoms with Gasteiger partial charge in [0.25, 0.3) is 0 Å². The van der Waals surface area contributed by atoms with Gasteiger partial charge in [-0.2, -0.15) is 0 Å². The number of fused-ring (bicyclic) bond motifs is 2. The van der Waals surface area contributed by atoms with E-state index in [1.807, 2.05) is 30.3 Å². The van der Waals surface area contributed by atoms with E-state index in [0.717, 1.165) is 30.2 Å². The number of rotatable bonds is 7. The van der Waals surface area contributed by atoms with E-state index in [9.17, 15) is 4.79 Å². The van der Waals surface area contributed by atoms with Gasteiger partial charge in [0, 0.05) is 27.8 Å². The van der Waals surface area contributed by atoms with Crippen molar-refractivity contribution in [1.82, 2.24) is 0 Å². The smallest absolute Gasteiger partial charge is 0.342 e. The van der Waals surface area contributed by atoms with Gasteiger partial charge in [0.05, 0.1) is 37.6 Å². The summed E-state index contributed by atoms with van der Waals surface area (Å²) in [6, 6.07) is 23.7. The van der Waals surface area contributed by atoms with Gasteiger partial charge in [-0.25, -0.2) is 4.79 Å². The molecule has 0 unspecified atom stereocenters. The predicted molar refractivity (Wildman–Crippen MR) is 127 cm³/mol. The van der Waals surface area contributed by atoms with Gasteiger partial charge in [-0.15, -0.1) is 0 Å². The van der Waals surface area contributed by atoms with Crippen LogP contribution in [0.2, 0.25) is 5.02 Å². The molecule has 4 rings (SSSR count). The van der Waals surface area contributed by atoms with Gasteiger partial charge in [-0.05, 0) is 42.5 Å². The molecule has 0 saturated carbocycles. The molecule has 4 nitrogen and oxygen atoms in total. The molecule has 0 aromatic heterocycles. The molecule has 168 valence electrons. The number of halogens is 2. The molecule has 0 fully saturated rings. The quantitative estimate of drug-likeness (QED) is 0.290. The largest absolute Gasteiger partial charge is 1.00 e. The number of carbonyl (C=O) groups is 1. The number of benzene rings is 3.